The van der Waals surface area contributed by atoms with Crippen molar-refractivity contribution in [1.29, 1.82) is 0 Å². The van der Waals surface area contributed by atoms with Gasteiger partial charge in [0.15, 0.2) is 0 Å². The highest BCUT2D eigenvalue weighted by Crippen LogP contribution is 2.51. The summed E-state index contributed by atoms with van der Waals surface area (Å²) in [6.45, 7) is 2.98. The molecule has 4 rings (SSSR count). The highest BCUT2D eigenvalue weighted by molar-refractivity contribution is 6.31. The van der Waals surface area contributed by atoms with Crippen molar-refractivity contribution in [3.05, 3.63) is 70.2 Å². The minimum atomic E-state index is 0.107. The Kier molecular flexibility index (Phi) is 4.09. The maximum atomic E-state index is 13.0. The Balaban J connectivity index is 1.50. The maximum Gasteiger partial charge on any atom is 0.226 e. The second-order valence-electron chi connectivity index (χ2n) is 7.07. The highest BCUT2D eigenvalue weighted by Gasteiger charge is 2.48. The first-order chi connectivity index (χ1) is 11.6. The molecule has 2 aliphatic rings. The molecule has 2 aromatic carbocycles. The number of aryl methyl sites for hydroxylation is 1. The summed E-state index contributed by atoms with van der Waals surface area (Å²) in [7, 11) is 0. The lowest BCUT2D eigenvalue weighted by atomic mass is 10.0. The Hall–Kier alpha value is -1.80. The third-order valence-corrected chi connectivity index (χ3v) is 5.75. The molecule has 3 heteroatoms. The minimum Gasteiger partial charge on any atom is -0.335 e. The molecule has 1 saturated heterocycles. The van der Waals surface area contributed by atoms with Gasteiger partial charge in [-0.3, -0.25) is 4.79 Å². The van der Waals surface area contributed by atoms with Gasteiger partial charge < -0.3 is 4.90 Å². The molecule has 2 fully saturated rings. The van der Waals surface area contributed by atoms with E-state index in [-0.39, 0.29) is 12.0 Å². The molecule has 1 amide bonds. The van der Waals surface area contributed by atoms with E-state index in [1.54, 1.807) is 0 Å². The van der Waals surface area contributed by atoms with E-state index in [9.17, 15) is 4.79 Å². The third-order valence-electron chi connectivity index (χ3n) is 5.41. The number of rotatable bonds is 3. The van der Waals surface area contributed by atoms with Crippen molar-refractivity contribution in [2.75, 3.05) is 6.54 Å². The lowest BCUT2D eigenvalue weighted by Crippen LogP contribution is -2.32. The SMILES string of the molecule is Cc1ccc(C2CCCN2C(=O)C2CC2c2ccccc2Cl)cc1. The molecule has 1 heterocycles. The van der Waals surface area contributed by atoms with Crippen LogP contribution in [0.2, 0.25) is 5.02 Å². The predicted octanol–water partition coefficient (Wildman–Crippen LogP) is 5.12. The molecule has 3 atom stereocenters. The van der Waals surface area contributed by atoms with E-state index in [0.717, 1.165) is 36.4 Å². The summed E-state index contributed by atoms with van der Waals surface area (Å²) in [4.78, 5) is 15.1. The largest absolute Gasteiger partial charge is 0.335 e. The molecule has 124 valence electrons. The molecule has 2 nitrogen and oxygen atoms in total. The van der Waals surface area contributed by atoms with Crippen molar-refractivity contribution in [2.24, 2.45) is 5.92 Å². The second kappa shape index (κ2) is 6.25. The Labute approximate surface area is 148 Å². The average molecular weight is 340 g/mol. The van der Waals surface area contributed by atoms with Crippen molar-refractivity contribution < 1.29 is 4.79 Å². The Morgan fingerprint density at radius 2 is 1.88 bits per heavy atom. The summed E-state index contributed by atoms with van der Waals surface area (Å²) in [6, 6.07) is 16.8. The summed E-state index contributed by atoms with van der Waals surface area (Å²) >= 11 is 6.30. The van der Waals surface area contributed by atoms with E-state index in [4.69, 9.17) is 11.6 Å². The molecule has 1 aliphatic carbocycles. The Morgan fingerprint density at radius 1 is 1.12 bits per heavy atom. The zero-order valence-corrected chi connectivity index (χ0v) is 14.7. The fraction of sp³-hybridized carbons (Fsp3) is 0.381. The monoisotopic (exact) mass is 339 g/mol. The van der Waals surface area contributed by atoms with Gasteiger partial charge in [0, 0.05) is 17.5 Å². The van der Waals surface area contributed by atoms with Gasteiger partial charge in [-0.2, -0.15) is 0 Å². The molecule has 1 saturated carbocycles. The quantitative estimate of drug-likeness (QED) is 0.760. The first-order valence-electron chi connectivity index (χ1n) is 8.76. The molecule has 0 spiro atoms. The van der Waals surface area contributed by atoms with Crippen LogP contribution in [0.3, 0.4) is 0 Å². The number of carbonyl (C=O) groups excluding carboxylic acids is 1. The molecular formula is C21H22ClNO. The number of nitrogens with zero attached hydrogens (tertiary/aromatic N) is 1. The van der Waals surface area contributed by atoms with Crippen LogP contribution in [-0.2, 0) is 4.79 Å². The van der Waals surface area contributed by atoms with Gasteiger partial charge in [-0.1, -0.05) is 59.6 Å². The van der Waals surface area contributed by atoms with Crippen LogP contribution in [0, 0.1) is 12.8 Å². The number of hydrogen-bond donors (Lipinski definition) is 0. The van der Waals surface area contributed by atoms with E-state index in [0.29, 0.717) is 11.8 Å². The van der Waals surface area contributed by atoms with Crippen LogP contribution in [0.1, 0.15) is 47.9 Å². The molecule has 0 aromatic heterocycles. The van der Waals surface area contributed by atoms with E-state index in [2.05, 4.69) is 42.2 Å². The highest BCUT2D eigenvalue weighted by atomic mass is 35.5. The van der Waals surface area contributed by atoms with Crippen LogP contribution in [0.5, 0.6) is 0 Å². The number of halogens is 1. The van der Waals surface area contributed by atoms with Crippen LogP contribution in [0.25, 0.3) is 0 Å². The lowest BCUT2D eigenvalue weighted by Gasteiger charge is -2.25. The zero-order valence-electron chi connectivity index (χ0n) is 13.9. The van der Waals surface area contributed by atoms with Crippen molar-refractivity contribution >= 4 is 17.5 Å². The molecule has 1 aliphatic heterocycles. The number of benzene rings is 2. The van der Waals surface area contributed by atoms with E-state index in [1.165, 1.54) is 11.1 Å². The summed E-state index contributed by atoms with van der Waals surface area (Å²) in [5, 5.41) is 0.786. The minimum absolute atomic E-state index is 0.107. The standard InChI is InChI=1S/C21H22ClNO/c1-14-8-10-15(11-9-14)20-7-4-12-23(20)21(24)18-13-17(18)16-5-2-3-6-19(16)22/h2-3,5-6,8-11,17-18,20H,4,7,12-13H2,1H3. The lowest BCUT2D eigenvalue weighted by molar-refractivity contribution is -0.133. The normalized spacial score (nSPS) is 25.8. The van der Waals surface area contributed by atoms with Crippen molar-refractivity contribution in [3.8, 4) is 0 Å². The number of amides is 1. The maximum absolute atomic E-state index is 13.0. The predicted molar refractivity (Wildman–Crippen MR) is 97.2 cm³/mol. The number of carbonyl (C=O) groups is 1. The van der Waals surface area contributed by atoms with E-state index < -0.39 is 0 Å². The topological polar surface area (TPSA) is 20.3 Å². The molecule has 24 heavy (non-hydrogen) atoms. The Bertz CT molecular complexity index is 755. The first-order valence-corrected chi connectivity index (χ1v) is 9.14. The first kappa shape index (κ1) is 15.7. The van der Waals surface area contributed by atoms with Crippen LogP contribution in [0.4, 0.5) is 0 Å². The fourth-order valence-corrected chi connectivity index (χ4v) is 4.24. The zero-order chi connectivity index (χ0) is 16.7. The number of likely N-dealkylation sites (tertiary alicyclic amines) is 1. The van der Waals surface area contributed by atoms with E-state index in [1.807, 2.05) is 18.2 Å². The molecule has 0 bridgehead atoms. The van der Waals surface area contributed by atoms with E-state index >= 15 is 0 Å². The van der Waals surface area contributed by atoms with Crippen molar-refractivity contribution in [1.82, 2.24) is 4.90 Å². The van der Waals surface area contributed by atoms with Crippen molar-refractivity contribution in [2.45, 2.75) is 38.1 Å². The molecule has 0 N–H and O–H groups in total. The van der Waals surface area contributed by atoms with Gasteiger partial charge in [-0.25, -0.2) is 0 Å². The average Bonchev–Trinajstić information content (AvgIpc) is 3.23. The van der Waals surface area contributed by atoms with Gasteiger partial charge in [-0.05, 0) is 49.3 Å². The Morgan fingerprint density at radius 3 is 2.62 bits per heavy atom. The van der Waals surface area contributed by atoms with Gasteiger partial charge in [0.1, 0.15) is 0 Å². The van der Waals surface area contributed by atoms with Crippen molar-refractivity contribution in [3.63, 3.8) is 0 Å². The molecule has 0 radical (unpaired) electrons. The fourth-order valence-electron chi connectivity index (χ4n) is 3.97. The van der Waals surface area contributed by atoms with Gasteiger partial charge in [0.25, 0.3) is 0 Å². The van der Waals surface area contributed by atoms with Gasteiger partial charge in [-0.15, -0.1) is 0 Å². The summed E-state index contributed by atoms with van der Waals surface area (Å²) < 4.78 is 0. The van der Waals surface area contributed by atoms with Crippen LogP contribution >= 0.6 is 11.6 Å². The van der Waals surface area contributed by atoms with Crippen LogP contribution in [-0.4, -0.2) is 17.4 Å². The molecule has 2 aromatic rings. The smallest absolute Gasteiger partial charge is 0.226 e. The van der Waals surface area contributed by atoms with Crippen LogP contribution in [0.15, 0.2) is 48.5 Å². The molecular weight excluding hydrogens is 318 g/mol. The summed E-state index contributed by atoms with van der Waals surface area (Å²) in [6.07, 6.45) is 3.09. The van der Waals surface area contributed by atoms with Gasteiger partial charge >= 0.3 is 0 Å². The van der Waals surface area contributed by atoms with Crippen LogP contribution < -0.4 is 0 Å². The van der Waals surface area contributed by atoms with Gasteiger partial charge in [0.05, 0.1) is 6.04 Å². The second-order valence-corrected chi connectivity index (χ2v) is 7.48. The van der Waals surface area contributed by atoms with Gasteiger partial charge in [0.2, 0.25) is 5.91 Å². The summed E-state index contributed by atoms with van der Waals surface area (Å²) in [5.74, 6) is 0.712. The number of hydrogen-bond acceptors (Lipinski definition) is 1. The third kappa shape index (κ3) is 2.84. The molecule has 3 unspecified atom stereocenters. The summed E-state index contributed by atoms with van der Waals surface area (Å²) in [5.41, 5.74) is 3.65.